The highest BCUT2D eigenvalue weighted by molar-refractivity contribution is 6.04. The lowest BCUT2D eigenvalue weighted by atomic mass is 10.0. The fraction of sp³-hybridized carbons (Fsp3) is 0.111. The van der Waals surface area contributed by atoms with Gasteiger partial charge in [-0.3, -0.25) is 0 Å². The van der Waals surface area contributed by atoms with E-state index in [1.54, 1.807) is 0 Å². The summed E-state index contributed by atoms with van der Waals surface area (Å²) in [7, 11) is 0. The number of rotatable bonds is 3. The number of benzene rings is 1. The van der Waals surface area contributed by atoms with E-state index >= 15 is 0 Å². The van der Waals surface area contributed by atoms with Crippen molar-refractivity contribution in [2.24, 2.45) is 0 Å². The van der Waals surface area contributed by atoms with Gasteiger partial charge in [0.15, 0.2) is 17.4 Å². The Balaban J connectivity index is 3.81. The van der Waals surface area contributed by atoms with Crippen molar-refractivity contribution < 1.29 is 50.9 Å². The van der Waals surface area contributed by atoms with Crippen molar-refractivity contribution in [2.75, 3.05) is 0 Å². The minimum absolute atomic E-state index is 1.99. The van der Waals surface area contributed by atoms with Gasteiger partial charge in [0.05, 0.1) is 0 Å². The van der Waals surface area contributed by atoms with Crippen molar-refractivity contribution in [3.63, 3.8) is 0 Å². The maximum absolute atomic E-state index is 13.2. The Kier molecular flexibility index (Phi) is 3.82. The van der Waals surface area contributed by atoms with Crippen LogP contribution >= 0.6 is 0 Å². The molecule has 0 heterocycles. The topological polar surface area (TPSA) is 83.8 Å². The highest BCUT2D eigenvalue weighted by Crippen LogP contribution is 2.35. The van der Waals surface area contributed by atoms with Crippen LogP contribution in [0, 0.1) is 17.5 Å². The van der Waals surface area contributed by atoms with Gasteiger partial charge in [0.2, 0.25) is 5.82 Å². The summed E-state index contributed by atoms with van der Waals surface area (Å²) >= 11 is 0. The van der Waals surface area contributed by atoms with E-state index in [1.165, 1.54) is 0 Å². The van der Waals surface area contributed by atoms with Crippen LogP contribution < -0.4 is 4.74 Å². The summed E-state index contributed by atoms with van der Waals surface area (Å²) in [5.41, 5.74) is -3.98. The molecule has 0 unspecified atom stereocenters. The van der Waals surface area contributed by atoms with Crippen LogP contribution in [0.2, 0.25) is 0 Å². The summed E-state index contributed by atoms with van der Waals surface area (Å²) < 4.78 is 78.2. The maximum atomic E-state index is 13.2. The number of aromatic carboxylic acids is 2. The molecule has 11 heteroatoms. The number of carboxylic acid groups (broad SMARTS) is 2. The number of carboxylic acids is 2. The van der Waals surface area contributed by atoms with Gasteiger partial charge in [0.25, 0.3) is 0 Å². The third kappa shape index (κ3) is 2.75. The molecule has 0 atom stereocenters. The van der Waals surface area contributed by atoms with E-state index in [4.69, 9.17) is 10.2 Å². The first-order chi connectivity index (χ1) is 8.97. The van der Waals surface area contributed by atoms with Crippen molar-refractivity contribution in [1.82, 2.24) is 0 Å². The van der Waals surface area contributed by atoms with Crippen LogP contribution in [-0.2, 0) is 0 Å². The molecule has 1 rings (SSSR count). The molecule has 0 radical (unpaired) electrons. The van der Waals surface area contributed by atoms with Crippen molar-refractivity contribution in [2.45, 2.75) is 6.36 Å². The molecular weight excluding hydrogens is 302 g/mol. The molecule has 0 aliphatic rings. The van der Waals surface area contributed by atoms with Gasteiger partial charge in [0, 0.05) is 0 Å². The predicted molar refractivity (Wildman–Crippen MR) is 46.9 cm³/mol. The molecule has 0 fully saturated rings. The predicted octanol–water partition coefficient (Wildman–Crippen LogP) is 2.40. The largest absolute Gasteiger partial charge is 0.573 e. The lowest BCUT2D eigenvalue weighted by Crippen LogP contribution is -2.23. The van der Waals surface area contributed by atoms with Gasteiger partial charge in [-0.1, -0.05) is 0 Å². The molecule has 0 spiro atoms. The Bertz CT molecular complexity index is 594. The van der Waals surface area contributed by atoms with Crippen LogP contribution in [0.3, 0.4) is 0 Å². The highest BCUT2D eigenvalue weighted by Gasteiger charge is 2.40. The molecule has 0 bridgehead atoms. The molecule has 0 amide bonds. The van der Waals surface area contributed by atoms with Gasteiger partial charge in [0.1, 0.15) is 11.1 Å². The number of hydrogen-bond acceptors (Lipinski definition) is 3. The van der Waals surface area contributed by atoms with E-state index in [0.29, 0.717) is 0 Å². The molecule has 5 nitrogen and oxygen atoms in total. The molecule has 1 aromatic carbocycles. The third-order valence-electron chi connectivity index (χ3n) is 1.93. The summed E-state index contributed by atoms with van der Waals surface area (Å²) in [6.45, 7) is 0. The lowest BCUT2D eigenvalue weighted by Gasteiger charge is -2.14. The SMILES string of the molecule is O=C(O)c1c(F)c(F)c(F)c(OC(F)(F)F)c1C(=O)O. The molecule has 1 aromatic rings. The van der Waals surface area contributed by atoms with Crippen molar-refractivity contribution in [1.29, 1.82) is 0 Å². The Morgan fingerprint density at radius 2 is 1.30 bits per heavy atom. The third-order valence-corrected chi connectivity index (χ3v) is 1.93. The van der Waals surface area contributed by atoms with Crippen molar-refractivity contribution in [3.05, 3.63) is 28.6 Å². The lowest BCUT2D eigenvalue weighted by molar-refractivity contribution is -0.275. The standard InChI is InChI=1S/C9H2F6O5/c10-3-1(7(16)17)2(8(18)19)6(5(12)4(3)11)20-9(13,14)15/h(H,16,17)(H,18,19). The van der Waals surface area contributed by atoms with Gasteiger partial charge in [-0.2, -0.15) is 4.39 Å². The normalized spacial score (nSPS) is 11.3. The quantitative estimate of drug-likeness (QED) is 0.661. The van der Waals surface area contributed by atoms with Crippen molar-refractivity contribution >= 4 is 11.9 Å². The van der Waals surface area contributed by atoms with E-state index in [9.17, 15) is 35.9 Å². The van der Waals surface area contributed by atoms with Gasteiger partial charge < -0.3 is 14.9 Å². The van der Waals surface area contributed by atoms with E-state index in [-0.39, 0.29) is 0 Å². The first kappa shape index (κ1) is 15.6. The molecule has 0 aliphatic carbocycles. The van der Waals surface area contributed by atoms with Gasteiger partial charge in [-0.05, 0) is 0 Å². The van der Waals surface area contributed by atoms with Crippen LogP contribution in [0.5, 0.6) is 5.75 Å². The number of hydrogen-bond donors (Lipinski definition) is 2. The van der Waals surface area contributed by atoms with Gasteiger partial charge >= 0.3 is 18.3 Å². The maximum Gasteiger partial charge on any atom is 0.573 e. The van der Waals surface area contributed by atoms with E-state index in [0.717, 1.165) is 0 Å². The highest BCUT2D eigenvalue weighted by atomic mass is 19.4. The summed E-state index contributed by atoms with van der Waals surface area (Å²) in [5.74, 6) is -14.8. The zero-order valence-electron chi connectivity index (χ0n) is 8.89. The van der Waals surface area contributed by atoms with Crippen LogP contribution in [0.25, 0.3) is 0 Å². The van der Waals surface area contributed by atoms with Gasteiger partial charge in [-0.25, -0.2) is 18.4 Å². The van der Waals surface area contributed by atoms with E-state index in [2.05, 4.69) is 4.74 Å². The molecule has 2 N–H and O–H groups in total. The van der Waals surface area contributed by atoms with E-state index < -0.39 is 52.6 Å². The molecule has 0 aromatic heterocycles. The summed E-state index contributed by atoms with van der Waals surface area (Å²) in [5, 5.41) is 17.1. The summed E-state index contributed by atoms with van der Waals surface area (Å²) in [6.07, 6.45) is -5.65. The number of alkyl halides is 3. The molecular formula is C9H2F6O5. The number of halogens is 6. The second-order valence-electron chi connectivity index (χ2n) is 3.18. The molecule has 0 aliphatic heterocycles. The van der Waals surface area contributed by atoms with Gasteiger partial charge in [-0.15, -0.1) is 13.2 Å². The zero-order valence-corrected chi connectivity index (χ0v) is 8.89. The number of ether oxygens (including phenoxy) is 1. The Morgan fingerprint density at radius 1 is 0.850 bits per heavy atom. The fourth-order valence-corrected chi connectivity index (χ4v) is 1.26. The fourth-order valence-electron chi connectivity index (χ4n) is 1.26. The monoisotopic (exact) mass is 304 g/mol. The average Bonchev–Trinajstić information content (AvgIpc) is 2.27. The molecule has 0 saturated heterocycles. The summed E-state index contributed by atoms with van der Waals surface area (Å²) in [6, 6.07) is 0. The average molecular weight is 304 g/mol. The zero-order chi connectivity index (χ0) is 15.8. The van der Waals surface area contributed by atoms with Crippen LogP contribution in [-0.4, -0.2) is 28.5 Å². The Morgan fingerprint density at radius 3 is 1.65 bits per heavy atom. The second-order valence-corrected chi connectivity index (χ2v) is 3.18. The minimum Gasteiger partial charge on any atom is -0.478 e. The van der Waals surface area contributed by atoms with Crippen molar-refractivity contribution in [3.8, 4) is 5.75 Å². The van der Waals surface area contributed by atoms with Crippen LogP contribution in [0.4, 0.5) is 26.3 Å². The first-order valence-electron chi connectivity index (χ1n) is 4.40. The Labute approximate surface area is 105 Å². The van der Waals surface area contributed by atoms with E-state index in [1.807, 2.05) is 0 Å². The molecule has 20 heavy (non-hydrogen) atoms. The molecule has 110 valence electrons. The van der Waals surface area contributed by atoms with Crippen LogP contribution in [0.1, 0.15) is 20.7 Å². The second kappa shape index (κ2) is 4.90. The minimum atomic E-state index is -5.65. The summed E-state index contributed by atoms with van der Waals surface area (Å²) in [4.78, 5) is 21.3. The molecule has 0 saturated carbocycles. The smallest absolute Gasteiger partial charge is 0.478 e. The first-order valence-corrected chi connectivity index (χ1v) is 4.40. The Hall–Kier alpha value is -2.46. The van der Waals surface area contributed by atoms with Crippen LogP contribution in [0.15, 0.2) is 0 Å². The number of carbonyl (C=O) groups is 2.